The van der Waals surface area contributed by atoms with Crippen LogP contribution in [-0.4, -0.2) is 23.7 Å². The average Bonchev–Trinajstić information content (AvgIpc) is 2.64. The number of nitro groups is 1. The van der Waals surface area contributed by atoms with E-state index in [9.17, 15) is 10.1 Å². The summed E-state index contributed by atoms with van der Waals surface area (Å²) in [6, 6.07) is 4.66. The molecule has 1 aromatic carbocycles. The smallest absolute Gasteiger partial charge is 0.292 e. The van der Waals surface area contributed by atoms with Gasteiger partial charge < -0.3 is 15.8 Å². The van der Waals surface area contributed by atoms with Crippen molar-refractivity contribution >= 4 is 17.1 Å². The second kappa shape index (κ2) is 4.21. The van der Waals surface area contributed by atoms with Gasteiger partial charge in [-0.2, -0.15) is 0 Å². The van der Waals surface area contributed by atoms with Crippen molar-refractivity contribution in [1.29, 1.82) is 0 Å². The van der Waals surface area contributed by atoms with Crippen LogP contribution in [0.1, 0.15) is 13.3 Å². The molecule has 0 amide bonds. The first-order valence-electron chi connectivity index (χ1n) is 5.40. The molecule has 1 unspecified atom stereocenters. The van der Waals surface area contributed by atoms with E-state index in [-0.39, 0.29) is 16.9 Å². The molecule has 0 spiro atoms. The van der Waals surface area contributed by atoms with Gasteiger partial charge in [0.05, 0.1) is 17.1 Å². The fraction of sp³-hybridized carbons (Fsp3) is 0.455. The number of anilines is 2. The average molecular weight is 237 g/mol. The lowest BCUT2D eigenvalue weighted by Crippen LogP contribution is -2.34. The minimum absolute atomic E-state index is 0.0663. The Labute approximate surface area is 98.9 Å². The SMILES string of the molecule is CC1(Nc2ccc([N+](=O)[O-])c(N)c2)CCOC1. The lowest BCUT2D eigenvalue weighted by atomic mass is 10.0. The van der Waals surface area contributed by atoms with Crippen molar-refractivity contribution in [3.05, 3.63) is 28.3 Å². The molecule has 0 radical (unpaired) electrons. The van der Waals surface area contributed by atoms with Crippen LogP contribution >= 0.6 is 0 Å². The van der Waals surface area contributed by atoms with Crippen LogP contribution in [0.4, 0.5) is 17.1 Å². The highest BCUT2D eigenvalue weighted by Gasteiger charge is 2.29. The topological polar surface area (TPSA) is 90.4 Å². The van der Waals surface area contributed by atoms with E-state index in [0.29, 0.717) is 6.61 Å². The van der Waals surface area contributed by atoms with Crippen molar-refractivity contribution in [2.24, 2.45) is 0 Å². The standard InChI is InChI=1S/C11H15N3O3/c1-11(4-5-17-7-11)13-8-2-3-10(14(15)16)9(12)6-8/h2-3,6,13H,4-5,7,12H2,1H3. The van der Waals surface area contributed by atoms with Crippen LogP contribution < -0.4 is 11.1 Å². The molecule has 17 heavy (non-hydrogen) atoms. The van der Waals surface area contributed by atoms with Crippen molar-refractivity contribution in [2.75, 3.05) is 24.3 Å². The number of nitrogen functional groups attached to an aromatic ring is 1. The molecule has 6 nitrogen and oxygen atoms in total. The van der Waals surface area contributed by atoms with Crippen molar-refractivity contribution in [3.8, 4) is 0 Å². The van der Waals surface area contributed by atoms with Gasteiger partial charge in [-0.15, -0.1) is 0 Å². The van der Waals surface area contributed by atoms with Gasteiger partial charge in [-0.3, -0.25) is 10.1 Å². The van der Waals surface area contributed by atoms with Crippen LogP contribution in [0.3, 0.4) is 0 Å². The lowest BCUT2D eigenvalue weighted by molar-refractivity contribution is -0.383. The number of benzene rings is 1. The van der Waals surface area contributed by atoms with Crippen molar-refractivity contribution in [1.82, 2.24) is 0 Å². The maximum atomic E-state index is 10.6. The molecule has 1 aliphatic rings. The largest absolute Gasteiger partial charge is 0.393 e. The number of ether oxygens (including phenoxy) is 1. The second-order valence-electron chi connectivity index (χ2n) is 4.52. The number of hydrogen-bond donors (Lipinski definition) is 2. The molecule has 1 heterocycles. The molecular formula is C11H15N3O3. The van der Waals surface area contributed by atoms with Crippen LogP contribution in [0.15, 0.2) is 18.2 Å². The third kappa shape index (κ3) is 2.47. The maximum Gasteiger partial charge on any atom is 0.292 e. The third-order valence-electron chi connectivity index (χ3n) is 2.89. The van der Waals surface area contributed by atoms with Gasteiger partial charge in [-0.05, 0) is 25.5 Å². The van der Waals surface area contributed by atoms with Crippen LogP contribution in [0.2, 0.25) is 0 Å². The summed E-state index contributed by atoms with van der Waals surface area (Å²) < 4.78 is 5.32. The monoisotopic (exact) mass is 237 g/mol. The Balaban J connectivity index is 2.17. The first-order chi connectivity index (χ1) is 8.00. The van der Waals surface area contributed by atoms with E-state index in [4.69, 9.17) is 10.5 Å². The lowest BCUT2D eigenvalue weighted by Gasteiger charge is -2.25. The van der Waals surface area contributed by atoms with Crippen LogP contribution in [0.25, 0.3) is 0 Å². The quantitative estimate of drug-likeness (QED) is 0.475. The van der Waals surface area contributed by atoms with Gasteiger partial charge in [-0.1, -0.05) is 0 Å². The van der Waals surface area contributed by atoms with Crippen molar-refractivity contribution < 1.29 is 9.66 Å². The molecular weight excluding hydrogens is 222 g/mol. The van der Waals surface area contributed by atoms with Gasteiger partial charge in [0.15, 0.2) is 0 Å². The highest BCUT2D eigenvalue weighted by Crippen LogP contribution is 2.28. The molecule has 2 rings (SSSR count). The van der Waals surface area contributed by atoms with Gasteiger partial charge in [0.25, 0.3) is 5.69 Å². The summed E-state index contributed by atoms with van der Waals surface area (Å²) in [5.41, 5.74) is 6.39. The third-order valence-corrected chi connectivity index (χ3v) is 2.89. The van der Waals surface area contributed by atoms with E-state index < -0.39 is 4.92 Å². The number of nitrogens with one attached hydrogen (secondary N) is 1. The van der Waals surface area contributed by atoms with E-state index in [1.165, 1.54) is 6.07 Å². The predicted octanol–water partition coefficient (Wildman–Crippen LogP) is 1.77. The summed E-state index contributed by atoms with van der Waals surface area (Å²) >= 11 is 0. The second-order valence-corrected chi connectivity index (χ2v) is 4.52. The molecule has 0 aliphatic carbocycles. The predicted molar refractivity (Wildman–Crippen MR) is 65.0 cm³/mol. The molecule has 92 valence electrons. The summed E-state index contributed by atoms with van der Waals surface area (Å²) in [5, 5.41) is 13.9. The van der Waals surface area contributed by atoms with Gasteiger partial charge in [-0.25, -0.2) is 0 Å². The molecule has 0 bridgehead atoms. The zero-order valence-corrected chi connectivity index (χ0v) is 9.60. The molecule has 1 aliphatic heterocycles. The number of nitrogens with zero attached hydrogens (tertiary/aromatic N) is 1. The van der Waals surface area contributed by atoms with Gasteiger partial charge in [0.1, 0.15) is 5.69 Å². The Morgan fingerprint density at radius 1 is 1.59 bits per heavy atom. The van der Waals surface area contributed by atoms with Crippen LogP contribution in [-0.2, 0) is 4.74 Å². The molecule has 0 aromatic heterocycles. The first kappa shape index (κ1) is 11.7. The fourth-order valence-corrected chi connectivity index (χ4v) is 1.91. The molecule has 3 N–H and O–H groups in total. The molecule has 6 heteroatoms. The molecule has 1 fully saturated rings. The molecule has 1 aromatic rings. The first-order valence-corrected chi connectivity index (χ1v) is 5.40. The molecule has 1 atom stereocenters. The Hall–Kier alpha value is -1.82. The van der Waals surface area contributed by atoms with Crippen molar-refractivity contribution in [2.45, 2.75) is 18.9 Å². The van der Waals surface area contributed by atoms with E-state index in [1.807, 2.05) is 0 Å². The summed E-state index contributed by atoms with van der Waals surface area (Å²) in [4.78, 5) is 10.1. The minimum atomic E-state index is -0.487. The van der Waals surface area contributed by atoms with E-state index >= 15 is 0 Å². The Kier molecular flexibility index (Phi) is 2.89. The number of rotatable bonds is 3. The zero-order valence-electron chi connectivity index (χ0n) is 9.60. The number of nitrogens with two attached hydrogens (primary N) is 1. The highest BCUT2D eigenvalue weighted by molar-refractivity contribution is 5.66. The Bertz CT molecular complexity index is 442. The van der Waals surface area contributed by atoms with Crippen LogP contribution in [0, 0.1) is 10.1 Å². The van der Waals surface area contributed by atoms with Gasteiger partial charge >= 0.3 is 0 Å². The highest BCUT2D eigenvalue weighted by atomic mass is 16.6. The molecule has 0 saturated carbocycles. The van der Waals surface area contributed by atoms with E-state index in [2.05, 4.69) is 12.2 Å². The van der Waals surface area contributed by atoms with Crippen molar-refractivity contribution in [3.63, 3.8) is 0 Å². The summed E-state index contributed by atoms with van der Waals surface area (Å²) in [6.07, 6.45) is 0.907. The Morgan fingerprint density at radius 2 is 2.35 bits per heavy atom. The summed E-state index contributed by atoms with van der Waals surface area (Å²) in [5.74, 6) is 0. The minimum Gasteiger partial charge on any atom is -0.393 e. The van der Waals surface area contributed by atoms with Gasteiger partial charge in [0, 0.05) is 18.4 Å². The zero-order chi connectivity index (χ0) is 12.5. The number of nitro benzene ring substituents is 1. The summed E-state index contributed by atoms with van der Waals surface area (Å²) in [7, 11) is 0. The van der Waals surface area contributed by atoms with Crippen LogP contribution in [0.5, 0.6) is 0 Å². The number of hydrogen-bond acceptors (Lipinski definition) is 5. The maximum absolute atomic E-state index is 10.6. The van der Waals surface area contributed by atoms with E-state index in [0.717, 1.165) is 18.7 Å². The summed E-state index contributed by atoms with van der Waals surface area (Å²) in [6.45, 7) is 3.41. The normalized spacial score (nSPS) is 23.6. The van der Waals surface area contributed by atoms with E-state index in [1.54, 1.807) is 12.1 Å². The van der Waals surface area contributed by atoms with Gasteiger partial charge in [0.2, 0.25) is 0 Å². The Morgan fingerprint density at radius 3 is 2.88 bits per heavy atom. The fourth-order valence-electron chi connectivity index (χ4n) is 1.91. The molecule has 1 saturated heterocycles.